The normalized spacial score (nSPS) is 11.6. The molecule has 0 spiro atoms. The van der Waals surface area contributed by atoms with E-state index in [0.717, 1.165) is 24.3 Å². The standard InChI is InChI=1S/2C10H7BrF2N2O3S/c2*1-5-9(11)10(18-14-5)15-19(16,17)8-4-6(12)2-3-7(8)13/h2*2-4,15H,1H3. The summed E-state index contributed by atoms with van der Waals surface area (Å²) >= 11 is 6.11. The summed E-state index contributed by atoms with van der Waals surface area (Å²) in [6, 6.07) is 4.25. The molecule has 204 valence electrons. The van der Waals surface area contributed by atoms with Crippen LogP contribution in [0.3, 0.4) is 0 Å². The Morgan fingerprint density at radius 2 is 1.03 bits per heavy atom. The SMILES string of the molecule is Cc1noc(NS(=O)(=O)c2cc(F)ccc2F)c1Br.Cc1noc(NS(=O)(=O)c2cc(F)ccc2F)c1Br. The highest BCUT2D eigenvalue weighted by atomic mass is 79.9. The van der Waals surface area contributed by atoms with Gasteiger partial charge in [-0.25, -0.2) is 43.8 Å². The monoisotopic (exact) mass is 704 g/mol. The lowest BCUT2D eigenvalue weighted by atomic mass is 10.3. The van der Waals surface area contributed by atoms with Gasteiger partial charge in [0.1, 0.15) is 42.0 Å². The lowest BCUT2D eigenvalue weighted by Gasteiger charge is -2.06. The molecule has 2 N–H and O–H groups in total. The first-order valence-corrected chi connectivity index (χ1v) is 14.4. The second-order valence-electron chi connectivity index (χ2n) is 7.18. The Hall–Kier alpha value is -2.96. The first kappa shape index (κ1) is 29.6. The zero-order chi connectivity index (χ0) is 28.4. The fraction of sp³-hybridized carbons (Fsp3) is 0.100. The van der Waals surface area contributed by atoms with Crippen LogP contribution in [0.5, 0.6) is 0 Å². The van der Waals surface area contributed by atoms with E-state index in [9.17, 15) is 34.4 Å². The maximum absolute atomic E-state index is 13.4. The number of nitrogens with zero attached hydrogens (tertiary/aromatic N) is 2. The van der Waals surface area contributed by atoms with Crippen LogP contribution < -0.4 is 9.44 Å². The molecular weight excluding hydrogens is 692 g/mol. The van der Waals surface area contributed by atoms with Gasteiger partial charge in [-0.2, -0.15) is 0 Å². The fourth-order valence-corrected chi connectivity index (χ4v) is 5.49. The number of hydrogen-bond donors (Lipinski definition) is 2. The molecule has 0 aliphatic rings. The highest BCUT2D eigenvalue weighted by Gasteiger charge is 2.25. The average Bonchev–Trinajstić information content (AvgIpc) is 3.32. The number of sulfonamides is 2. The van der Waals surface area contributed by atoms with Gasteiger partial charge in [-0.15, -0.1) is 0 Å². The highest BCUT2D eigenvalue weighted by molar-refractivity contribution is 9.11. The van der Waals surface area contributed by atoms with Crippen LogP contribution in [0.2, 0.25) is 0 Å². The van der Waals surface area contributed by atoms with Gasteiger partial charge in [0, 0.05) is 0 Å². The molecule has 0 saturated carbocycles. The minimum atomic E-state index is -4.30. The third-order valence-electron chi connectivity index (χ3n) is 4.40. The van der Waals surface area contributed by atoms with Gasteiger partial charge in [-0.3, -0.25) is 0 Å². The van der Waals surface area contributed by atoms with Gasteiger partial charge >= 0.3 is 0 Å². The van der Waals surface area contributed by atoms with E-state index in [-0.39, 0.29) is 20.7 Å². The molecule has 0 aliphatic heterocycles. The highest BCUT2D eigenvalue weighted by Crippen LogP contribution is 2.29. The van der Waals surface area contributed by atoms with Gasteiger partial charge in [0.2, 0.25) is 0 Å². The van der Waals surface area contributed by atoms with Crippen molar-refractivity contribution in [2.45, 2.75) is 23.6 Å². The maximum Gasteiger partial charge on any atom is 0.267 e. The van der Waals surface area contributed by atoms with Gasteiger partial charge < -0.3 is 9.05 Å². The van der Waals surface area contributed by atoms with Gasteiger partial charge in [0.25, 0.3) is 31.8 Å². The van der Waals surface area contributed by atoms with Crippen molar-refractivity contribution >= 4 is 63.7 Å². The summed E-state index contributed by atoms with van der Waals surface area (Å²) in [6.07, 6.45) is 0. The number of aromatic nitrogens is 2. The van der Waals surface area contributed by atoms with Crippen molar-refractivity contribution in [3.63, 3.8) is 0 Å². The largest absolute Gasteiger partial charge is 0.336 e. The summed E-state index contributed by atoms with van der Waals surface area (Å²) < 4.78 is 114. The summed E-state index contributed by atoms with van der Waals surface area (Å²) in [5.41, 5.74) is 0.829. The maximum atomic E-state index is 13.4. The van der Waals surface area contributed by atoms with Crippen molar-refractivity contribution in [2.75, 3.05) is 9.44 Å². The van der Waals surface area contributed by atoms with Crippen LogP contribution in [0.15, 0.2) is 64.2 Å². The quantitative estimate of drug-likeness (QED) is 0.245. The molecule has 2 heterocycles. The fourth-order valence-electron chi connectivity index (χ4n) is 2.56. The number of aryl methyl sites for hydroxylation is 2. The van der Waals surface area contributed by atoms with E-state index < -0.39 is 53.1 Å². The molecule has 4 rings (SSSR count). The number of hydrogen-bond acceptors (Lipinski definition) is 8. The second kappa shape index (κ2) is 11.4. The third-order valence-corrected chi connectivity index (χ3v) is 8.96. The molecule has 18 heteroatoms. The number of halogens is 6. The van der Waals surface area contributed by atoms with Crippen molar-refractivity contribution in [2.24, 2.45) is 0 Å². The summed E-state index contributed by atoms with van der Waals surface area (Å²) in [5.74, 6) is -4.28. The molecule has 0 radical (unpaired) electrons. The molecule has 2 aromatic heterocycles. The number of nitrogens with one attached hydrogen (secondary N) is 2. The lowest BCUT2D eigenvalue weighted by Crippen LogP contribution is -2.14. The van der Waals surface area contributed by atoms with Crippen molar-refractivity contribution in [1.82, 2.24) is 10.3 Å². The van der Waals surface area contributed by atoms with Crippen LogP contribution in [-0.4, -0.2) is 27.1 Å². The van der Waals surface area contributed by atoms with Crippen LogP contribution in [0, 0.1) is 37.1 Å². The van der Waals surface area contributed by atoms with Crippen molar-refractivity contribution in [3.8, 4) is 0 Å². The van der Waals surface area contributed by atoms with Crippen LogP contribution in [-0.2, 0) is 20.0 Å². The van der Waals surface area contributed by atoms with Gasteiger partial charge in [-0.05, 0) is 82.1 Å². The Balaban J connectivity index is 0.000000211. The van der Waals surface area contributed by atoms with Gasteiger partial charge in [0.15, 0.2) is 0 Å². The molecule has 0 aliphatic carbocycles. The van der Waals surface area contributed by atoms with Crippen LogP contribution in [0.1, 0.15) is 11.4 Å². The van der Waals surface area contributed by atoms with Crippen LogP contribution in [0.4, 0.5) is 29.3 Å². The van der Waals surface area contributed by atoms with E-state index in [1.165, 1.54) is 0 Å². The van der Waals surface area contributed by atoms with Crippen molar-refractivity contribution in [3.05, 3.63) is 80.0 Å². The lowest BCUT2D eigenvalue weighted by molar-refractivity contribution is 0.430. The molecule has 0 unspecified atom stereocenters. The molecule has 10 nitrogen and oxygen atoms in total. The molecule has 0 atom stereocenters. The topological polar surface area (TPSA) is 144 Å². The van der Waals surface area contributed by atoms with E-state index in [0.29, 0.717) is 23.5 Å². The number of benzene rings is 2. The Kier molecular flexibility index (Phi) is 8.89. The van der Waals surface area contributed by atoms with Crippen LogP contribution >= 0.6 is 31.9 Å². The predicted molar refractivity (Wildman–Crippen MR) is 132 cm³/mol. The minimum absolute atomic E-state index is 0.207. The molecule has 0 saturated heterocycles. The smallest absolute Gasteiger partial charge is 0.267 e. The molecule has 0 amide bonds. The first-order valence-electron chi connectivity index (χ1n) is 9.81. The van der Waals surface area contributed by atoms with E-state index in [1.807, 2.05) is 9.44 Å². The average molecular weight is 706 g/mol. The zero-order valence-corrected chi connectivity index (χ0v) is 23.7. The number of rotatable bonds is 6. The molecule has 0 fully saturated rings. The first-order chi connectivity index (χ1) is 17.6. The zero-order valence-electron chi connectivity index (χ0n) is 18.9. The second-order valence-corrected chi connectivity index (χ2v) is 12.1. The van der Waals surface area contributed by atoms with E-state index in [4.69, 9.17) is 9.05 Å². The summed E-state index contributed by atoms with van der Waals surface area (Å²) in [5, 5.41) is 7.03. The molecule has 4 aromatic rings. The summed E-state index contributed by atoms with van der Waals surface area (Å²) in [6.45, 7) is 3.16. The van der Waals surface area contributed by atoms with Crippen molar-refractivity contribution < 1.29 is 43.4 Å². The third kappa shape index (κ3) is 6.72. The predicted octanol–water partition coefficient (Wildman–Crippen LogP) is 5.65. The molecule has 0 bridgehead atoms. The Labute approximate surface area is 229 Å². The molecule has 2 aromatic carbocycles. The Morgan fingerprint density at radius 1 is 0.684 bits per heavy atom. The van der Waals surface area contributed by atoms with Crippen molar-refractivity contribution in [1.29, 1.82) is 0 Å². The minimum Gasteiger partial charge on any atom is -0.336 e. The van der Waals surface area contributed by atoms with Crippen LogP contribution in [0.25, 0.3) is 0 Å². The van der Waals surface area contributed by atoms with E-state index in [2.05, 4.69) is 42.2 Å². The summed E-state index contributed by atoms with van der Waals surface area (Å²) in [7, 11) is -8.61. The summed E-state index contributed by atoms with van der Waals surface area (Å²) in [4.78, 5) is -1.62. The molecular formula is C20H14Br2F4N4O6S2. The Bertz CT molecular complexity index is 1590. The Morgan fingerprint density at radius 3 is 1.32 bits per heavy atom. The number of anilines is 2. The van der Waals surface area contributed by atoms with Gasteiger partial charge in [0.05, 0.1) is 11.4 Å². The van der Waals surface area contributed by atoms with E-state index in [1.54, 1.807) is 13.8 Å². The molecule has 38 heavy (non-hydrogen) atoms. The van der Waals surface area contributed by atoms with E-state index >= 15 is 0 Å². The van der Waals surface area contributed by atoms with Gasteiger partial charge in [-0.1, -0.05) is 10.3 Å².